The van der Waals surface area contributed by atoms with Gasteiger partial charge >= 0.3 is 0 Å². The van der Waals surface area contributed by atoms with E-state index in [-0.39, 0.29) is 17.0 Å². The second-order valence-electron chi connectivity index (χ2n) is 5.24. The first kappa shape index (κ1) is 13.5. The van der Waals surface area contributed by atoms with Gasteiger partial charge in [0.2, 0.25) is 5.91 Å². The average molecular weight is 228 g/mol. The van der Waals surface area contributed by atoms with Crippen molar-refractivity contribution in [2.24, 2.45) is 0 Å². The van der Waals surface area contributed by atoms with Crippen molar-refractivity contribution in [3.05, 3.63) is 0 Å². The third kappa shape index (κ3) is 2.95. The number of carbonyl (C=O) groups is 1. The van der Waals surface area contributed by atoms with Gasteiger partial charge in [-0.05, 0) is 39.7 Å². The molecule has 0 aromatic rings. The number of hydrogen-bond acceptors (Lipinski definition) is 3. The smallest absolute Gasteiger partial charge is 0.240 e. The summed E-state index contributed by atoms with van der Waals surface area (Å²) in [5.41, 5.74) is -0.663. The van der Waals surface area contributed by atoms with Crippen LogP contribution in [0.5, 0.6) is 0 Å². The molecule has 94 valence electrons. The minimum Gasteiger partial charge on any atom is -0.382 e. The van der Waals surface area contributed by atoms with Gasteiger partial charge in [0, 0.05) is 7.11 Å². The molecule has 1 amide bonds. The summed E-state index contributed by atoms with van der Waals surface area (Å²) >= 11 is 0. The van der Waals surface area contributed by atoms with Crippen molar-refractivity contribution in [2.45, 2.75) is 51.1 Å². The Hall–Kier alpha value is -0.610. The molecule has 4 heteroatoms. The molecule has 1 atom stereocenters. The van der Waals surface area contributed by atoms with Crippen molar-refractivity contribution in [2.75, 3.05) is 20.3 Å². The third-order valence-electron chi connectivity index (χ3n) is 3.24. The number of nitrogens with one attached hydrogen (secondary N) is 2. The van der Waals surface area contributed by atoms with E-state index in [4.69, 9.17) is 4.74 Å². The van der Waals surface area contributed by atoms with Crippen molar-refractivity contribution in [1.82, 2.24) is 10.6 Å². The third-order valence-corrected chi connectivity index (χ3v) is 3.24. The minimum atomic E-state index is -0.356. The Labute approximate surface area is 98.1 Å². The Morgan fingerprint density at radius 2 is 2.25 bits per heavy atom. The molecule has 0 radical (unpaired) electrons. The van der Waals surface area contributed by atoms with Crippen LogP contribution in [0.3, 0.4) is 0 Å². The summed E-state index contributed by atoms with van der Waals surface area (Å²) < 4.78 is 5.10. The molecule has 1 aliphatic heterocycles. The minimum absolute atomic E-state index is 0.106. The molecule has 0 aromatic carbocycles. The Morgan fingerprint density at radius 1 is 1.56 bits per heavy atom. The van der Waals surface area contributed by atoms with E-state index in [0.29, 0.717) is 6.61 Å². The lowest BCUT2D eigenvalue weighted by Gasteiger charge is -2.33. The quantitative estimate of drug-likeness (QED) is 0.740. The van der Waals surface area contributed by atoms with E-state index in [2.05, 4.69) is 17.6 Å². The van der Waals surface area contributed by atoms with Gasteiger partial charge in [-0.2, -0.15) is 0 Å². The second kappa shape index (κ2) is 5.15. The van der Waals surface area contributed by atoms with Crippen LogP contribution in [-0.2, 0) is 9.53 Å². The van der Waals surface area contributed by atoms with E-state index in [1.807, 2.05) is 13.8 Å². The van der Waals surface area contributed by atoms with E-state index in [1.165, 1.54) is 0 Å². The molecule has 0 aromatic heterocycles. The molecule has 0 saturated carbocycles. The summed E-state index contributed by atoms with van der Waals surface area (Å²) in [6.07, 6.45) is 2.84. The lowest BCUT2D eigenvalue weighted by molar-refractivity contribution is -0.129. The summed E-state index contributed by atoms with van der Waals surface area (Å²) in [6, 6.07) is 0. The Kier molecular flexibility index (Phi) is 4.33. The summed E-state index contributed by atoms with van der Waals surface area (Å²) in [4.78, 5) is 12.3. The van der Waals surface area contributed by atoms with Crippen LogP contribution in [0.25, 0.3) is 0 Å². The number of hydrogen-bond donors (Lipinski definition) is 2. The van der Waals surface area contributed by atoms with Crippen LogP contribution in [0.1, 0.15) is 40.0 Å². The molecule has 1 unspecified atom stereocenters. The fraction of sp³-hybridized carbons (Fsp3) is 0.917. The highest BCUT2D eigenvalue weighted by molar-refractivity contribution is 5.87. The van der Waals surface area contributed by atoms with E-state index in [1.54, 1.807) is 7.11 Å². The maximum Gasteiger partial charge on any atom is 0.240 e. The maximum atomic E-state index is 12.3. The van der Waals surface area contributed by atoms with Gasteiger partial charge in [-0.3, -0.25) is 4.79 Å². The standard InChI is InChI=1S/C12H24N2O2/c1-5-12(7-6-8-13-12)10(15)14-11(2,3)9-16-4/h13H,5-9H2,1-4H3,(H,14,15). The Morgan fingerprint density at radius 3 is 2.69 bits per heavy atom. The number of methoxy groups -OCH3 is 1. The van der Waals surface area contributed by atoms with E-state index in [0.717, 1.165) is 25.8 Å². The molecule has 0 bridgehead atoms. The molecular weight excluding hydrogens is 204 g/mol. The van der Waals surface area contributed by atoms with Gasteiger partial charge in [-0.25, -0.2) is 0 Å². The van der Waals surface area contributed by atoms with Crippen LogP contribution in [0.4, 0.5) is 0 Å². The largest absolute Gasteiger partial charge is 0.382 e. The molecule has 4 nitrogen and oxygen atoms in total. The Balaban J connectivity index is 2.63. The van der Waals surface area contributed by atoms with Crippen LogP contribution in [0, 0.1) is 0 Å². The molecule has 16 heavy (non-hydrogen) atoms. The van der Waals surface area contributed by atoms with Crippen molar-refractivity contribution >= 4 is 5.91 Å². The number of rotatable bonds is 5. The van der Waals surface area contributed by atoms with Gasteiger partial charge in [0.1, 0.15) is 0 Å². The normalized spacial score (nSPS) is 25.8. The van der Waals surface area contributed by atoms with Crippen molar-refractivity contribution in [3.63, 3.8) is 0 Å². The molecule has 1 fully saturated rings. The van der Waals surface area contributed by atoms with E-state index < -0.39 is 0 Å². The predicted molar refractivity (Wildman–Crippen MR) is 64.4 cm³/mol. The highest BCUT2D eigenvalue weighted by Gasteiger charge is 2.40. The van der Waals surface area contributed by atoms with Gasteiger partial charge in [0.15, 0.2) is 0 Å². The van der Waals surface area contributed by atoms with Gasteiger partial charge in [0.05, 0.1) is 17.7 Å². The van der Waals surface area contributed by atoms with Crippen LogP contribution in [0.2, 0.25) is 0 Å². The summed E-state index contributed by atoms with van der Waals surface area (Å²) in [5.74, 6) is 0.106. The number of carbonyl (C=O) groups excluding carboxylic acids is 1. The first-order valence-electron chi connectivity index (χ1n) is 6.02. The molecule has 1 heterocycles. The zero-order valence-corrected chi connectivity index (χ0v) is 10.9. The topological polar surface area (TPSA) is 50.4 Å². The van der Waals surface area contributed by atoms with Crippen LogP contribution in [0.15, 0.2) is 0 Å². The van der Waals surface area contributed by atoms with Crippen molar-refractivity contribution in [3.8, 4) is 0 Å². The van der Waals surface area contributed by atoms with E-state index >= 15 is 0 Å². The fourth-order valence-electron chi connectivity index (χ4n) is 2.29. The van der Waals surface area contributed by atoms with E-state index in [9.17, 15) is 4.79 Å². The average Bonchev–Trinajstić information content (AvgIpc) is 2.66. The highest BCUT2D eigenvalue weighted by Crippen LogP contribution is 2.24. The first-order chi connectivity index (χ1) is 7.46. The summed E-state index contributed by atoms with van der Waals surface area (Å²) in [5, 5.41) is 6.40. The van der Waals surface area contributed by atoms with Gasteiger partial charge in [0.25, 0.3) is 0 Å². The van der Waals surface area contributed by atoms with Crippen LogP contribution in [-0.4, -0.2) is 37.2 Å². The molecule has 1 rings (SSSR count). The predicted octanol–water partition coefficient (Wildman–Crippen LogP) is 1.06. The van der Waals surface area contributed by atoms with Gasteiger partial charge in [-0.1, -0.05) is 6.92 Å². The van der Waals surface area contributed by atoms with Gasteiger partial charge < -0.3 is 15.4 Å². The SMILES string of the molecule is CCC1(C(=O)NC(C)(C)COC)CCCN1. The molecular formula is C12H24N2O2. The summed E-state index contributed by atoms with van der Waals surface area (Å²) in [7, 11) is 1.65. The zero-order chi connectivity index (χ0) is 12.2. The number of amides is 1. The maximum absolute atomic E-state index is 12.3. The van der Waals surface area contributed by atoms with Crippen LogP contribution >= 0.6 is 0 Å². The monoisotopic (exact) mass is 228 g/mol. The van der Waals surface area contributed by atoms with Crippen molar-refractivity contribution < 1.29 is 9.53 Å². The molecule has 1 saturated heterocycles. The Bertz CT molecular complexity index is 245. The highest BCUT2D eigenvalue weighted by atomic mass is 16.5. The van der Waals surface area contributed by atoms with Crippen LogP contribution < -0.4 is 10.6 Å². The number of ether oxygens (including phenoxy) is 1. The lowest BCUT2D eigenvalue weighted by Crippen LogP contribution is -2.59. The molecule has 1 aliphatic rings. The molecule has 2 N–H and O–H groups in total. The van der Waals surface area contributed by atoms with Gasteiger partial charge in [-0.15, -0.1) is 0 Å². The second-order valence-corrected chi connectivity index (χ2v) is 5.24. The fourth-order valence-corrected chi connectivity index (χ4v) is 2.29. The lowest BCUT2D eigenvalue weighted by atomic mass is 9.91. The first-order valence-corrected chi connectivity index (χ1v) is 6.02. The summed E-state index contributed by atoms with van der Waals surface area (Å²) in [6.45, 7) is 7.48. The molecule has 0 spiro atoms. The zero-order valence-electron chi connectivity index (χ0n) is 10.9. The van der Waals surface area contributed by atoms with Crippen molar-refractivity contribution in [1.29, 1.82) is 0 Å². The molecule has 0 aliphatic carbocycles.